The highest BCUT2D eigenvalue weighted by Crippen LogP contribution is 2.19. The summed E-state index contributed by atoms with van der Waals surface area (Å²) in [6, 6.07) is 20.0. The molecule has 0 aliphatic heterocycles. The van der Waals surface area contributed by atoms with Gasteiger partial charge in [0.25, 0.3) is 5.91 Å². The molecule has 0 atom stereocenters. The Kier molecular flexibility index (Phi) is 5.91. The van der Waals surface area contributed by atoms with Crippen LogP contribution in [-0.2, 0) is 9.53 Å². The average molecular weight is 377 g/mol. The number of carbonyl (C=O) groups excluding carboxylic acids is 3. The summed E-state index contributed by atoms with van der Waals surface area (Å²) < 4.78 is 17.8. The summed E-state index contributed by atoms with van der Waals surface area (Å²) in [5.41, 5.74) is 1.27. The molecule has 0 aliphatic rings. The highest BCUT2D eigenvalue weighted by Gasteiger charge is 2.16. The van der Waals surface area contributed by atoms with Crippen molar-refractivity contribution in [3.63, 3.8) is 0 Å². The topological polar surface area (TPSA) is 72.5 Å². The summed E-state index contributed by atoms with van der Waals surface area (Å²) >= 11 is 0. The lowest BCUT2D eigenvalue weighted by molar-refractivity contribution is -0.119. The molecule has 28 heavy (non-hydrogen) atoms. The maximum atomic E-state index is 12.9. The van der Waals surface area contributed by atoms with E-state index in [4.69, 9.17) is 4.74 Å². The Labute approximate surface area is 160 Å². The number of nitrogens with one attached hydrogen (secondary N) is 1. The zero-order valence-electron chi connectivity index (χ0n) is 14.7. The maximum Gasteiger partial charge on any atom is 0.338 e. The largest absolute Gasteiger partial charge is 0.452 e. The van der Waals surface area contributed by atoms with Gasteiger partial charge in [0, 0.05) is 11.1 Å². The van der Waals surface area contributed by atoms with E-state index >= 15 is 0 Å². The van der Waals surface area contributed by atoms with E-state index in [2.05, 4.69) is 5.32 Å². The second kappa shape index (κ2) is 8.73. The van der Waals surface area contributed by atoms with Crippen molar-refractivity contribution in [2.75, 3.05) is 11.9 Å². The quantitative estimate of drug-likeness (QED) is 0.523. The highest BCUT2D eigenvalue weighted by molar-refractivity contribution is 6.13. The van der Waals surface area contributed by atoms with Crippen LogP contribution in [0.3, 0.4) is 0 Å². The van der Waals surface area contributed by atoms with Crippen molar-refractivity contribution in [3.05, 3.63) is 101 Å². The molecule has 1 N–H and O–H groups in total. The van der Waals surface area contributed by atoms with Crippen LogP contribution >= 0.6 is 0 Å². The summed E-state index contributed by atoms with van der Waals surface area (Å²) in [4.78, 5) is 36.7. The maximum absolute atomic E-state index is 12.9. The molecule has 0 aliphatic carbocycles. The van der Waals surface area contributed by atoms with Gasteiger partial charge in [-0.05, 0) is 36.4 Å². The third-order valence-corrected chi connectivity index (χ3v) is 3.90. The van der Waals surface area contributed by atoms with E-state index in [0.717, 1.165) is 12.1 Å². The smallest absolute Gasteiger partial charge is 0.338 e. The Hall–Kier alpha value is -3.80. The number of anilines is 1. The van der Waals surface area contributed by atoms with Crippen molar-refractivity contribution in [2.45, 2.75) is 0 Å². The van der Waals surface area contributed by atoms with Crippen LogP contribution < -0.4 is 5.32 Å². The summed E-state index contributed by atoms with van der Waals surface area (Å²) in [6.07, 6.45) is 0. The minimum Gasteiger partial charge on any atom is -0.452 e. The first kappa shape index (κ1) is 19.0. The van der Waals surface area contributed by atoms with Crippen molar-refractivity contribution in [1.82, 2.24) is 0 Å². The normalized spacial score (nSPS) is 10.2. The lowest BCUT2D eigenvalue weighted by atomic mass is 10.0. The summed E-state index contributed by atoms with van der Waals surface area (Å²) in [5.74, 6) is -2.05. The van der Waals surface area contributed by atoms with Gasteiger partial charge < -0.3 is 10.1 Å². The first-order chi connectivity index (χ1) is 13.5. The molecule has 3 aromatic carbocycles. The van der Waals surface area contributed by atoms with Gasteiger partial charge in [0.05, 0.1) is 11.3 Å². The second-order valence-corrected chi connectivity index (χ2v) is 5.87. The third-order valence-electron chi connectivity index (χ3n) is 3.90. The van der Waals surface area contributed by atoms with Gasteiger partial charge in [-0.15, -0.1) is 0 Å². The van der Waals surface area contributed by atoms with Crippen LogP contribution in [0.15, 0.2) is 78.9 Å². The average Bonchev–Trinajstić information content (AvgIpc) is 2.73. The Morgan fingerprint density at radius 1 is 0.786 bits per heavy atom. The molecule has 0 saturated heterocycles. The molecule has 5 nitrogen and oxygen atoms in total. The molecular formula is C22H16FNO4. The lowest BCUT2D eigenvalue weighted by Crippen LogP contribution is -2.22. The van der Waals surface area contributed by atoms with E-state index in [0.29, 0.717) is 16.8 Å². The van der Waals surface area contributed by atoms with Crippen molar-refractivity contribution in [3.8, 4) is 0 Å². The first-order valence-corrected chi connectivity index (χ1v) is 8.46. The van der Waals surface area contributed by atoms with Gasteiger partial charge >= 0.3 is 5.97 Å². The van der Waals surface area contributed by atoms with Crippen LogP contribution in [0.5, 0.6) is 0 Å². The van der Waals surface area contributed by atoms with E-state index in [-0.39, 0.29) is 11.3 Å². The number of amides is 1. The van der Waals surface area contributed by atoms with Crippen LogP contribution in [-0.4, -0.2) is 24.3 Å². The molecule has 1 amide bonds. The summed E-state index contributed by atoms with van der Waals surface area (Å²) in [7, 11) is 0. The third kappa shape index (κ3) is 4.67. The fourth-order valence-corrected chi connectivity index (χ4v) is 2.52. The van der Waals surface area contributed by atoms with Gasteiger partial charge in [-0.2, -0.15) is 0 Å². The van der Waals surface area contributed by atoms with Crippen molar-refractivity contribution >= 4 is 23.3 Å². The predicted octanol–water partition coefficient (Wildman–Crippen LogP) is 3.85. The Morgan fingerprint density at radius 2 is 1.43 bits per heavy atom. The molecule has 0 fully saturated rings. The second-order valence-electron chi connectivity index (χ2n) is 5.87. The molecule has 3 rings (SSSR count). The summed E-state index contributed by atoms with van der Waals surface area (Å²) in [5, 5.41) is 2.58. The van der Waals surface area contributed by atoms with E-state index in [1.165, 1.54) is 12.1 Å². The van der Waals surface area contributed by atoms with Crippen LogP contribution in [0.2, 0.25) is 0 Å². The van der Waals surface area contributed by atoms with Crippen LogP contribution in [0, 0.1) is 5.82 Å². The number of hydrogen-bond acceptors (Lipinski definition) is 4. The van der Waals surface area contributed by atoms with Crippen molar-refractivity contribution < 1.29 is 23.5 Å². The fourth-order valence-electron chi connectivity index (χ4n) is 2.52. The van der Waals surface area contributed by atoms with E-state index in [9.17, 15) is 18.8 Å². The predicted molar refractivity (Wildman–Crippen MR) is 102 cm³/mol. The number of halogens is 1. The molecule has 3 aromatic rings. The number of para-hydroxylation sites is 1. The molecular weight excluding hydrogens is 361 g/mol. The van der Waals surface area contributed by atoms with E-state index in [1.807, 2.05) is 0 Å². The van der Waals surface area contributed by atoms with Crippen LogP contribution in [0.4, 0.5) is 10.1 Å². The molecule has 6 heteroatoms. The van der Waals surface area contributed by atoms with Gasteiger partial charge in [0.1, 0.15) is 5.82 Å². The number of ether oxygens (including phenoxy) is 1. The minimum absolute atomic E-state index is 0.133. The lowest BCUT2D eigenvalue weighted by Gasteiger charge is -2.11. The zero-order valence-corrected chi connectivity index (χ0v) is 14.7. The molecule has 0 saturated carbocycles. The molecule has 0 bridgehead atoms. The summed E-state index contributed by atoms with van der Waals surface area (Å²) in [6.45, 7) is -0.538. The fraction of sp³-hybridized carbons (Fsp3) is 0.0455. The number of ketones is 1. The molecule has 0 unspecified atom stereocenters. The molecule has 0 spiro atoms. The van der Waals surface area contributed by atoms with Gasteiger partial charge in [0.2, 0.25) is 0 Å². The van der Waals surface area contributed by atoms with Gasteiger partial charge in [-0.1, -0.05) is 42.5 Å². The van der Waals surface area contributed by atoms with Gasteiger partial charge in [-0.25, -0.2) is 9.18 Å². The molecule has 0 aromatic heterocycles. The van der Waals surface area contributed by atoms with Crippen molar-refractivity contribution in [2.24, 2.45) is 0 Å². The monoisotopic (exact) mass is 377 g/mol. The molecule has 0 radical (unpaired) electrons. The van der Waals surface area contributed by atoms with Gasteiger partial charge in [-0.3, -0.25) is 9.59 Å². The molecule has 140 valence electrons. The first-order valence-electron chi connectivity index (χ1n) is 8.46. The van der Waals surface area contributed by atoms with Crippen molar-refractivity contribution in [1.29, 1.82) is 0 Å². The number of benzene rings is 3. The van der Waals surface area contributed by atoms with Gasteiger partial charge in [0.15, 0.2) is 12.4 Å². The minimum atomic E-state index is -0.746. The van der Waals surface area contributed by atoms with E-state index in [1.54, 1.807) is 54.6 Å². The Morgan fingerprint density at radius 3 is 2.14 bits per heavy atom. The number of rotatable bonds is 6. The number of esters is 1. The highest BCUT2D eigenvalue weighted by atomic mass is 19.1. The Balaban J connectivity index is 1.65. The Bertz CT molecular complexity index is 1000. The molecule has 0 heterocycles. The zero-order chi connectivity index (χ0) is 19.9. The SMILES string of the molecule is O=C(COC(=O)c1ccc(F)cc1)Nc1ccccc1C(=O)c1ccccc1. The number of carbonyl (C=O) groups is 3. The van der Waals surface area contributed by atoms with E-state index < -0.39 is 24.3 Å². The number of hydrogen-bond donors (Lipinski definition) is 1. The van der Waals surface area contributed by atoms with Crippen LogP contribution in [0.25, 0.3) is 0 Å². The standard InChI is InChI=1S/C22H16FNO4/c23-17-12-10-16(11-13-17)22(27)28-14-20(25)24-19-9-5-4-8-18(19)21(26)15-6-2-1-3-7-15/h1-13H,14H2,(H,24,25). The van der Waals surface area contributed by atoms with Crippen LogP contribution in [0.1, 0.15) is 26.3 Å².